The SMILES string of the molecule is COCC(C)OC(=O)NS(=O)(=O)Cl. The zero-order valence-corrected chi connectivity index (χ0v) is 8.68. The fourth-order valence-electron chi connectivity index (χ4n) is 0.575. The number of methoxy groups -OCH3 is 1. The minimum Gasteiger partial charge on any atom is -0.443 e. The summed E-state index contributed by atoms with van der Waals surface area (Å²) in [6, 6.07) is 0. The first kappa shape index (κ1) is 12.5. The number of carbonyl (C=O) groups is 1. The van der Waals surface area contributed by atoms with E-state index in [0.717, 1.165) is 0 Å². The van der Waals surface area contributed by atoms with Crippen molar-refractivity contribution in [2.45, 2.75) is 13.0 Å². The molecular formula is C5H10ClNO5S. The van der Waals surface area contributed by atoms with Crippen LogP contribution in [0.1, 0.15) is 6.92 Å². The number of hydrogen-bond donors (Lipinski definition) is 1. The van der Waals surface area contributed by atoms with Gasteiger partial charge in [0.05, 0.1) is 6.61 Å². The van der Waals surface area contributed by atoms with Crippen LogP contribution >= 0.6 is 10.7 Å². The molecule has 0 saturated carbocycles. The Labute approximate surface area is 80.7 Å². The molecule has 1 unspecified atom stereocenters. The molecule has 0 aromatic carbocycles. The Morgan fingerprint density at radius 2 is 2.15 bits per heavy atom. The van der Waals surface area contributed by atoms with Crippen LogP contribution in [0, 0.1) is 0 Å². The predicted molar refractivity (Wildman–Crippen MR) is 45.7 cm³/mol. The fraction of sp³-hybridized carbons (Fsp3) is 0.800. The van der Waals surface area contributed by atoms with E-state index in [1.54, 1.807) is 6.92 Å². The molecule has 0 aliphatic carbocycles. The van der Waals surface area contributed by atoms with Crippen molar-refractivity contribution in [3.05, 3.63) is 0 Å². The molecule has 13 heavy (non-hydrogen) atoms. The molecular weight excluding hydrogens is 222 g/mol. The lowest BCUT2D eigenvalue weighted by Crippen LogP contribution is -2.31. The first-order valence-electron chi connectivity index (χ1n) is 3.27. The Hall–Kier alpha value is -0.530. The van der Waals surface area contributed by atoms with Crippen LogP contribution in [0.2, 0.25) is 0 Å². The minimum atomic E-state index is -4.08. The number of carbonyl (C=O) groups excluding carboxylic acids is 1. The summed E-state index contributed by atoms with van der Waals surface area (Å²) in [6.07, 6.45) is -1.66. The zero-order chi connectivity index (χ0) is 10.5. The maximum atomic E-state index is 10.7. The van der Waals surface area contributed by atoms with E-state index in [4.69, 9.17) is 10.7 Å². The van der Waals surface area contributed by atoms with Gasteiger partial charge < -0.3 is 9.47 Å². The van der Waals surface area contributed by atoms with E-state index in [0.29, 0.717) is 0 Å². The van der Waals surface area contributed by atoms with Crippen molar-refractivity contribution in [1.29, 1.82) is 0 Å². The van der Waals surface area contributed by atoms with Crippen LogP contribution in [0.3, 0.4) is 0 Å². The van der Waals surface area contributed by atoms with Crippen LogP contribution in [-0.2, 0) is 18.7 Å². The first-order chi connectivity index (χ1) is 5.85. The lowest BCUT2D eigenvalue weighted by molar-refractivity contribution is 0.0520. The smallest absolute Gasteiger partial charge is 0.422 e. The highest BCUT2D eigenvalue weighted by Crippen LogP contribution is 1.95. The van der Waals surface area contributed by atoms with Gasteiger partial charge in [-0.2, -0.15) is 8.42 Å². The van der Waals surface area contributed by atoms with E-state index in [1.807, 2.05) is 0 Å². The molecule has 0 rings (SSSR count). The molecule has 0 bridgehead atoms. The van der Waals surface area contributed by atoms with Gasteiger partial charge in [0.1, 0.15) is 6.10 Å². The number of ether oxygens (including phenoxy) is 2. The maximum Gasteiger partial charge on any atom is 0.422 e. The van der Waals surface area contributed by atoms with Crippen molar-refractivity contribution >= 4 is 26.0 Å². The van der Waals surface area contributed by atoms with Crippen LogP contribution < -0.4 is 4.72 Å². The van der Waals surface area contributed by atoms with Gasteiger partial charge in [-0.1, -0.05) is 0 Å². The molecule has 0 saturated heterocycles. The average Bonchev–Trinajstić information content (AvgIpc) is 1.81. The summed E-state index contributed by atoms with van der Waals surface area (Å²) < 4.78 is 31.2. The van der Waals surface area contributed by atoms with Crippen molar-refractivity contribution < 1.29 is 22.7 Å². The molecule has 0 fully saturated rings. The largest absolute Gasteiger partial charge is 0.443 e. The van der Waals surface area contributed by atoms with Crippen LogP contribution in [0.25, 0.3) is 0 Å². The molecule has 1 atom stereocenters. The first-order valence-corrected chi connectivity index (χ1v) is 5.58. The van der Waals surface area contributed by atoms with E-state index in [-0.39, 0.29) is 6.61 Å². The van der Waals surface area contributed by atoms with Crippen molar-refractivity contribution in [3.63, 3.8) is 0 Å². The van der Waals surface area contributed by atoms with Crippen molar-refractivity contribution in [2.75, 3.05) is 13.7 Å². The van der Waals surface area contributed by atoms with Gasteiger partial charge in [-0.25, -0.2) is 9.52 Å². The summed E-state index contributed by atoms with van der Waals surface area (Å²) in [7, 11) is 2.07. The molecule has 0 heterocycles. The van der Waals surface area contributed by atoms with E-state index in [9.17, 15) is 13.2 Å². The van der Waals surface area contributed by atoms with Crippen LogP contribution in [-0.4, -0.2) is 34.3 Å². The van der Waals surface area contributed by atoms with Crippen LogP contribution in [0.4, 0.5) is 4.79 Å². The monoisotopic (exact) mass is 231 g/mol. The molecule has 78 valence electrons. The molecule has 0 aromatic rings. The van der Waals surface area contributed by atoms with E-state index >= 15 is 0 Å². The summed E-state index contributed by atoms with van der Waals surface area (Å²) in [5.74, 6) is 0. The van der Waals surface area contributed by atoms with Gasteiger partial charge in [0.25, 0.3) is 0 Å². The lowest BCUT2D eigenvalue weighted by atomic mass is 10.4. The second-order valence-electron chi connectivity index (χ2n) is 2.21. The summed E-state index contributed by atoms with van der Waals surface area (Å²) in [6.45, 7) is 1.72. The Bertz CT molecular complexity index is 264. The summed E-state index contributed by atoms with van der Waals surface area (Å²) in [5.41, 5.74) is 0. The Morgan fingerprint density at radius 1 is 1.62 bits per heavy atom. The van der Waals surface area contributed by atoms with Crippen LogP contribution in [0.15, 0.2) is 0 Å². The third-order valence-electron chi connectivity index (χ3n) is 0.915. The third-order valence-corrected chi connectivity index (χ3v) is 1.56. The molecule has 0 aliphatic heterocycles. The maximum absolute atomic E-state index is 10.7. The predicted octanol–water partition coefficient (Wildman–Crippen LogP) is 0.231. The number of hydrogen-bond acceptors (Lipinski definition) is 5. The molecule has 8 heteroatoms. The van der Waals surface area contributed by atoms with Gasteiger partial charge >= 0.3 is 15.3 Å². The number of nitrogens with one attached hydrogen (secondary N) is 1. The third kappa shape index (κ3) is 7.82. The molecule has 0 aromatic heterocycles. The second kappa shape index (κ2) is 5.25. The highest BCUT2D eigenvalue weighted by Gasteiger charge is 2.14. The summed E-state index contributed by atoms with van der Waals surface area (Å²) in [4.78, 5) is 10.7. The normalized spacial score (nSPS) is 13.5. The molecule has 0 spiro atoms. The average molecular weight is 232 g/mol. The Kier molecular flexibility index (Phi) is 5.04. The summed E-state index contributed by atoms with van der Waals surface area (Å²) in [5, 5.41) is 0. The topological polar surface area (TPSA) is 81.7 Å². The minimum absolute atomic E-state index is 0.176. The lowest BCUT2D eigenvalue weighted by Gasteiger charge is -2.11. The molecule has 1 N–H and O–H groups in total. The molecule has 0 aliphatic rings. The fourth-order valence-corrected chi connectivity index (χ4v) is 1.01. The van der Waals surface area contributed by atoms with Crippen molar-refractivity contribution in [1.82, 2.24) is 4.72 Å². The van der Waals surface area contributed by atoms with Gasteiger partial charge in [0, 0.05) is 17.8 Å². The number of amides is 1. The molecule has 1 amide bonds. The van der Waals surface area contributed by atoms with Crippen molar-refractivity contribution in [3.8, 4) is 0 Å². The van der Waals surface area contributed by atoms with E-state index in [1.165, 1.54) is 11.8 Å². The highest BCUT2D eigenvalue weighted by atomic mass is 35.7. The quantitative estimate of drug-likeness (QED) is 0.701. The highest BCUT2D eigenvalue weighted by molar-refractivity contribution is 8.12. The Balaban J connectivity index is 3.88. The van der Waals surface area contributed by atoms with E-state index in [2.05, 4.69) is 9.47 Å². The van der Waals surface area contributed by atoms with Gasteiger partial charge in [-0.15, -0.1) is 0 Å². The zero-order valence-electron chi connectivity index (χ0n) is 7.11. The molecule has 0 radical (unpaired) electrons. The summed E-state index contributed by atoms with van der Waals surface area (Å²) >= 11 is 0. The van der Waals surface area contributed by atoms with Crippen molar-refractivity contribution in [2.24, 2.45) is 0 Å². The van der Waals surface area contributed by atoms with Gasteiger partial charge in [-0.05, 0) is 6.92 Å². The van der Waals surface area contributed by atoms with Crippen LogP contribution in [0.5, 0.6) is 0 Å². The number of halogens is 1. The molecule has 6 nitrogen and oxygen atoms in total. The number of rotatable bonds is 4. The van der Waals surface area contributed by atoms with E-state index < -0.39 is 21.4 Å². The Morgan fingerprint density at radius 3 is 2.54 bits per heavy atom. The van der Waals surface area contributed by atoms with Gasteiger partial charge in [-0.3, -0.25) is 0 Å². The second-order valence-corrected chi connectivity index (χ2v) is 4.51. The standard InChI is InChI=1S/C5H10ClNO5S/c1-4(3-11-2)12-5(8)7-13(6,9)10/h4H,3H2,1-2H3,(H,7,8). The van der Waals surface area contributed by atoms with Gasteiger partial charge in [0.15, 0.2) is 0 Å². The van der Waals surface area contributed by atoms with Gasteiger partial charge in [0.2, 0.25) is 0 Å².